The van der Waals surface area contributed by atoms with Gasteiger partial charge in [0, 0.05) is 28.4 Å². The van der Waals surface area contributed by atoms with E-state index in [1.54, 1.807) is 42.6 Å². The molecule has 0 aliphatic rings. The molecule has 0 spiro atoms. The number of carbonyl (C=O) groups excluding carboxylic acids is 1. The maximum Gasteiger partial charge on any atom is 0.193 e. The minimum absolute atomic E-state index is 0.0546. The lowest BCUT2D eigenvalue weighted by molar-refractivity contribution is 0.104. The molecular formula is C18H16N2O2. The smallest absolute Gasteiger partial charge is 0.193 e. The number of benzene rings is 2. The van der Waals surface area contributed by atoms with Crippen LogP contribution in [0, 0.1) is 0 Å². The molecule has 4 heteroatoms. The zero-order valence-corrected chi connectivity index (χ0v) is 12.2. The number of carbonyl (C=O) groups is 1. The summed E-state index contributed by atoms with van der Waals surface area (Å²) < 4.78 is 5.58. The number of anilines is 1. The first-order chi connectivity index (χ1) is 10.7. The monoisotopic (exact) mass is 292 g/mol. The number of rotatable bonds is 4. The zero-order chi connectivity index (χ0) is 15.5. The Kier molecular flexibility index (Phi) is 3.74. The van der Waals surface area contributed by atoms with Crippen molar-refractivity contribution in [1.82, 2.24) is 4.98 Å². The number of pyridine rings is 1. The van der Waals surface area contributed by atoms with E-state index in [-0.39, 0.29) is 5.78 Å². The van der Waals surface area contributed by atoms with Crippen molar-refractivity contribution < 1.29 is 9.53 Å². The fraction of sp³-hybridized carbons (Fsp3) is 0.111. The molecule has 0 saturated heterocycles. The fourth-order valence-electron chi connectivity index (χ4n) is 2.41. The number of hydrogen-bond acceptors (Lipinski definition) is 4. The summed E-state index contributed by atoms with van der Waals surface area (Å²) in [5, 5.41) is 0.787. The lowest BCUT2D eigenvalue weighted by Crippen LogP contribution is -2.04. The molecule has 2 aromatic carbocycles. The Hall–Kier alpha value is -2.88. The molecular weight excluding hydrogens is 276 g/mol. The highest BCUT2D eigenvalue weighted by Gasteiger charge is 2.15. The highest BCUT2D eigenvalue weighted by Crippen LogP contribution is 2.28. The van der Waals surface area contributed by atoms with E-state index in [4.69, 9.17) is 10.5 Å². The van der Waals surface area contributed by atoms with E-state index >= 15 is 0 Å². The Morgan fingerprint density at radius 1 is 1.14 bits per heavy atom. The van der Waals surface area contributed by atoms with Gasteiger partial charge in [-0.1, -0.05) is 6.07 Å². The summed E-state index contributed by atoms with van der Waals surface area (Å²) in [5.74, 6) is 0.632. The Morgan fingerprint density at radius 2 is 1.91 bits per heavy atom. The number of nitrogens with two attached hydrogens (primary N) is 1. The minimum Gasteiger partial charge on any atom is -0.492 e. The molecule has 3 rings (SSSR count). The van der Waals surface area contributed by atoms with Crippen molar-refractivity contribution >= 4 is 22.4 Å². The van der Waals surface area contributed by atoms with Crippen LogP contribution in [0.5, 0.6) is 5.75 Å². The Labute approximate surface area is 128 Å². The second kappa shape index (κ2) is 5.85. The van der Waals surface area contributed by atoms with Gasteiger partial charge in [0.05, 0.1) is 6.61 Å². The lowest BCUT2D eigenvalue weighted by Gasteiger charge is -2.10. The standard InChI is InChI=1S/C18H16N2O2/c1-2-22-16-10-9-15(14-4-3-11-20-17(14)16)18(21)12-5-7-13(19)8-6-12/h3-11H,2,19H2,1H3. The van der Waals surface area contributed by atoms with E-state index in [9.17, 15) is 4.79 Å². The molecule has 2 N–H and O–H groups in total. The first-order valence-corrected chi connectivity index (χ1v) is 7.11. The lowest BCUT2D eigenvalue weighted by atomic mass is 9.98. The summed E-state index contributed by atoms with van der Waals surface area (Å²) in [5.41, 5.74) is 8.21. The predicted octanol–water partition coefficient (Wildman–Crippen LogP) is 3.45. The molecule has 3 aromatic rings. The van der Waals surface area contributed by atoms with Crippen LogP contribution in [0.25, 0.3) is 10.9 Å². The first-order valence-electron chi connectivity index (χ1n) is 7.11. The Morgan fingerprint density at radius 3 is 2.64 bits per heavy atom. The van der Waals surface area contributed by atoms with Crippen LogP contribution in [0.15, 0.2) is 54.7 Å². The van der Waals surface area contributed by atoms with Crippen LogP contribution in [0.2, 0.25) is 0 Å². The van der Waals surface area contributed by atoms with Crippen LogP contribution in [0.3, 0.4) is 0 Å². The normalized spacial score (nSPS) is 10.6. The Bertz CT molecular complexity index is 826. The van der Waals surface area contributed by atoms with Crippen molar-refractivity contribution in [3.63, 3.8) is 0 Å². The number of aromatic nitrogens is 1. The molecule has 0 fully saturated rings. The van der Waals surface area contributed by atoms with Gasteiger partial charge in [0.1, 0.15) is 11.3 Å². The summed E-state index contributed by atoms with van der Waals surface area (Å²) in [6, 6.07) is 14.2. The van der Waals surface area contributed by atoms with Crippen molar-refractivity contribution in [1.29, 1.82) is 0 Å². The second-order valence-electron chi connectivity index (χ2n) is 4.89. The third kappa shape index (κ3) is 2.51. The third-order valence-electron chi connectivity index (χ3n) is 3.45. The largest absolute Gasteiger partial charge is 0.492 e. The number of nitrogens with zero attached hydrogens (tertiary/aromatic N) is 1. The van der Waals surface area contributed by atoms with Gasteiger partial charge in [0.2, 0.25) is 0 Å². The van der Waals surface area contributed by atoms with Crippen LogP contribution in [-0.2, 0) is 0 Å². The molecule has 0 aliphatic carbocycles. The highest BCUT2D eigenvalue weighted by molar-refractivity contribution is 6.16. The van der Waals surface area contributed by atoms with E-state index in [0.717, 1.165) is 5.39 Å². The summed E-state index contributed by atoms with van der Waals surface area (Å²) in [7, 11) is 0. The van der Waals surface area contributed by atoms with Crippen LogP contribution >= 0.6 is 0 Å². The van der Waals surface area contributed by atoms with Crippen LogP contribution in [-0.4, -0.2) is 17.4 Å². The maximum absolute atomic E-state index is 12.7. The number of nitrogen functional groups attached to an aromatic ring is 1. The molecule has 1 heterocycles. The number of hydrogen-bond donors (Lipinski definition) is 1. The van der Waals surface area contributed by atoms with Gasteiger partial charge in [-0.3, -0.25) is 9.78 Å². The summed E-state index contributed by atoms with van der Waals surface area (Å²) in [6.07, 6.45) is 1.70. The maximum atomic E-state index is 12.7. The molecule has 1 aromatic heterocycles. The van der Waals surface area contributed by atoms with Crippen molar-refractivity contribution in [2.24, 2.45) is 0 Å². The van der Waals surface area contributed by atoms with E-state index in [2.05, 4.69) is 4.98 Å². The van der Waals surface area contributed by atoms with E-state index < -0.39 is 0 Å². The van der Waals surface area contributed by atoms with Gasteiger partial charge in [-0.2, -0.15) is 0 Å². The van der Waals surface area contributed by atoms with Crippen LogP contribution < -0.4 is 10.5 Å². The molecule has 0 aliphatic heterocycles. The van der Waals surface area contributed by atoms with Crippen LogP contribution in [0.1, 0.15) is 22.8 Å². The molecule has 0 unspecified atom stereocenters. The van der Waals surface area contributed by atoms with Gasteiger partial charge in [0.15, 0.2) is 5.78 Å². The van der Waals surface area contributed by atoms with Gasteiger partial charge in [-0.05, 0) is 49.4 Å². The quantitative estimate of drug-likeness (QED) is 0.591. The Balaban J connectivity index is 2.13. The van der Waals surface area contributed by atoms with E-state index in [0.29, 0.717) is 34.7 Å². The summed E-state index contributed by atoms with van der Waals surface area (Å²) in [6.45, 7) is 2.47. The molecule has 22 heavy (non-hydrogen) atoms. The number of fused-ring (bicyclic) bond motifs is 1. The molecule has 0 atom stereocenters. The first kappa shape index (κ1) is 14.1. The minimum atomic E-state index is -0.0546. The molecule has 0 amide bonds. The zero-order valence-electron chi connectivity index (χ0n) is 12.2. The van der Waals surface area contributed by atoms with Gasteiger partial charge in [-0.15, -0.1) is 0 Å². The SMILES string of the molecule is CCOc1ccc(C(=O)c2ccc(N)cc2)c2cccnc12. The van der Waals surface area contributed by atoms with Crippen molar-refractivity contribution in [3.8, 4) is 5.75 Å². The predicted molar refractivity (Wildman–Crippen MR) is 87.2 cm³/mol. The number of ketones is 1. The fourth-order valence-corrected chi connectivity index (χ4v) is 2.41. The molecule has 4 nitrogen and oxygen atoms in total. The molecule has 0 radical (unpaired) electrons. The van der Waals surface area contributed by atoms with Gasteiger partial charge >= 0.3 is 0 Å². The van der Waals surface area contributed by atoms with Crippen molar-refractivity contribution in [2.75, 3.05) is 12.3 Å². The van der Waals surface area contributed by atoms with Crippen LogP contribution in [0.4, 0.5) is 5.69 Å². The topological polar surface area (TPSA) is 65.2 Å². The third-order valence-corrected chi connectivity index (χ3v) is 3.45. The van der Waals surface area contributed by atoms with Crippen molar-refractivity contribution in [3.05, 3.63) is 65.9 Å². The van der Waals surface area contributed by atoms with E-state index in [1.165, 1.54) is 0 Å². The average molecular weight is 292 g/mol. The molecule has 0 saturated carbocycles. The summed E-state index contributed by atoms with van der Waals surface area (Å²) >= 11 is 0. The van der Waals surface area contributed by atoms with Gasteiger partial charge < -0.3 is 10.5 Å². The highest BCUT2D eigenvalue weighted by atomic mass is 16.5. The molecule has 110 valence electrons. The second-order valence-corrected chi connectivity index (χ2v) is 4.89. The van der Waals surface area contributed by atoms with Gasteiger partial charge in [-0.25, -0.2) is 0 Å². The average Bonchev–Trinajstić information content (AvgIpc) is 2.55. The number of ether oxygens (including phenoxy) is 1. The van der Waals surface area contributed by atoms with E-state index in [1.807, 2.05) is 19.1 Å². The molecule has 0 bridgehead atoms. The summed E-state index contributed by atoms with van der Waals surface area (Å²) in [4.78, 5) is 17.1. The van der Waals surface area contributed by atoms with Gasteiger partial charge in [0.25, 0.3) is 0 Å². The van der Waals surface area contributed by atoms with Crippen molar-refractivity contribution in [2.45, 2.75) is 6.92 Å².